The number of aromatic nitrogens is 2. The minimum Gasteiger partial charge on any atom is -0.481 e. The van der Waals surface area contributed by atoms with Gasteiger partial charge < -0.3 is 26.5 Å². The number of anilines is 1. The Bertz CT molecular complexity index is 1040. The highest BCUT2D eigenvalue weighted by atomic mass is 16.5. The lowest BCUT2D eigenvalue weighted by atomic mass is 9.86. The molecule has 0 saturated carbocycles. The van der Waals surface area contributed by atoms with Crippen molar-refractivity contribution >= 4 is 17.6 Å². The maximum absolute atomic E-state index is 13.2. The number of amides is 1. The molecule has 4 heterocycles. The molecule has 9 nitrogen and oxygen atoms in total. The highest BCUT2D eigenvalue weighted by Gasteiger charge is 2.43. The lowest BCUT2D eigenvalue weighted by molar-refractivity contribution is -0.131. The van der Waals surface area contributed by atoms with Gasteiger partial charge in [0.1, 0.15) is 5.82 Å². The van der Waals surface area contributed by atoms with E-state index in [-0.39, 0.29) is 23.2 Å². The number of pyridine rings is 2. The molecule has 4 rings (SSSR count). The van der Waals surface area contributed by atoms with Crippen LogP contribution in [-0.2, 0) is 11.2 Å². The molecule has 2 aromatic rings. The number of nitrogens with zero attached hydrogens (tertiary/aromatic N) is 4. The Morgan fingerprint density at radius 2 is 2.19 bits per heavy atom. The molecule has 1 spiro atoms. The van der Waals surface area contributed by atoms with Gasteiger partial charge in [0.25, 0.3) is 0 Å². The van der Waals surface area contributed by atoms with E-state index in [2.05, 4.69) is 15.4 Å². The summed E-state index contributed by atoms with van der Waals surface area (Å²) in [7, 11) is 1.57. The zero-order valence-corrected chi connectivity index (χ0v) is 18.2. The maximum Gasteiger partial charge on any atom is 0.229 e. The van der Waals surface area contributed by atoms with Gasteiger partial charge in [-0.05, 0) is 56.4 Å². The van der Waals surface area contributed by atoms with E-state index in [9.17, 15) is 4.79 Å². The summed E-state index contributed by atoms with van der Waals surface area (Å²) in [5.41, 5.74) is 9.29. The van der Waals surface area contributed by atoms with Crippen molar-refractivity contribution in [1.82, 2.24) is 14.9 Å². The quantitative estimate of drug-likeness (QED) is 0.294. The molecule has 9 heteroatoms. The molecule has 0 aromatic carbocycles. The van der Waals surface area contributed by atoms with Crippen LogP contribution >= 0.6 is 0 Å². The Balaban J connectivity index is 1.49. The topological polar surface area (TPSA) is 132 Å². The fourth-order valence-corrected chi connectivity index (χ4v) is 4.55. The predicted octanol–water partition coefficient (Wildman–Crippen LogP) is 1.51. The summed E-state index contributed by atoms with van der Waals surface area (Å²) >= 11 is 0. The third-order valence-electron chi connectivity index (χ3n) is 6.47. The average Bonchev–Trinajstić information content (AvgIpc) is 3.20. The van der Waals surface area contributed by atoms with E-state index >= 15 is 0 Å². The maximum atomic E-state index is 13.2. The van der Waals surface area contributed by atoms with E-state index in [1.807, 2.05) is 36.9 Å². The number of likely N-dealkylation sites (tertiary alicyclic amines) is 1. The number of hydrogen-bond donors (Lipinski definition) is 3. The number of aryl methyl sites for hydroxylation is 2. The van der Waals surface area contributed by atoms with E-state index in [4.69, 9.17) is 21.3 Å². The summed E-state index contributed by atoms with van der Waals surface area (Å²) in [5.74, 6) is 6.86. The second kappa shape index (κ2) is 8.05. The smallest absolute Gasteiger partial charge is 0.229 e. The lowest BCUT2D eigenvalue weighted by Gasteiger charge is -2.36. The molecule has 2 atom stereocenters. The van der Waals surface area contributed by atoms with Crippen LogP contribution in [0, 0.1) is 6.92 Å². The molecule has 0 unspecified atom stereocenters. The number of rotatable bonds is 4. The number of nitrogens with one attached hydrogen (secondary N) is 1. The van der Waals surface area contributed by atoms with Crippen LogP contribution in [0.15, 0.2) is 29.5 Å². The number of ether oxygens (including phenoxy) is 1. The van der Waals surface area contributed by atoms with Crippen LogP contribution in [0.25, 0.3) is 0 Å². The predicted molar refractivity (Wildman–Crippen MR) is 119 cm³/mol. The van der Waals surface area contributed by atoms with Crippen LogP contribution in [0.4, 0.5) is 5.82 Å². The van der Waals surface area contributed by atoms with Gasteiger partial charge >= 0.3 is 0 Å². The van der Waals surface area contributed by atoms with Gasteiger partial charge in [0.05, 0.1) is 24.3 Å². The van der Waals surface area contributed by atoms with E-state index in [1.54, 1.807) is 13.3 Å². The number of fused-ring (bicyclic) bond motifs is 1. The fourth-order valence-electron chi connectivity index (χ4n) is 4.55. The highest BCUT2D eigenvalue weighted by Crippen LogP contribution is 2.37. The molecule has 2 aliphatic rings. The Kier molecular flexibility index (Phi) is 5.43. The molecule has 5 N–H and O–H groups in total. The Hall–Kier alpha value is -3.36. The summed E-state index contributed by atoms with van der Waals surface area (Å²) in [4.78, 5) is 24.0. The number of nitrogens with two attached hydrogens (primary N) is 2. The molecule has 164 valence electrons. The number of hydrogen-bond acceptors (Lipinski definition) is 7. The largest absolute Gasteiger partial charge is 0.481 e. The van der Waals surface area contributed by atoms with E-state index in [0.29, 0.717) is 12.4 Å². The SMILES string of the molecule is COc1cc([C@@H](C)C(=O)N2CC[C@@]3(CCc4cc(/C(N)=N/N)c(C)nc4N3)C2)ccn1. The van der Waals surface area contributed by atoms with E-state index in [1.165, 1.54) is 0 Å². The van der Waals surface area contributed by atoms with Gasteiger partial charge in [0.15, 0.2) is 5.84 Å². The van der Waals surface area contributed by atoms with Gasteiger partial charge in [0.2, 0.25) is 11.8 Å². The van der Waals surface area contributed by atoms with Gasteiger partial charge in [-0.1, -0.05) is 0 Å². The molecule has 0 bridgehead atoms. The van der Waals surface area contributed by atoms with Gasteiger partial charge in [-0.15, -0.1) is 0 Å². The summed E-state index contributed by atoms with van der Waals surface area (Å²) in [6, 6.07) is 5.71. The normalized spacial score (nSPS) is 21.5. The Labute approximate surface area is 181 Å². The second-order valence-corrected chi connectivity index (χ2v) is 8.41. The van der Waals surface area contributed by atoms with Crippen LogP contribution in [0.1, 0.15) is 48.1 Å². The molecular formula is C22H29N7O2. The van der Waals surface area contributed by atoms with Crippen molar-refractivity contribution in [3.8, 4) is 5.88 Å². The van der Waals surface area contributed by atoms with Crippen LogP contribution in [0.2, 0.25) is 0 Å². The van der Waals surface area contributed by atoms with Crippen LogP contribution < -0.4 is 21.6 Å². The summed E-state index contributed by atoms with van der Waals surface area (Å²) in [6.45, 7) is 5.21. The third kappa shape index (κ3) is 3.87. The molecular weight excluding hydrogens is 394 g/mol. The molecule has 0 aliphatic carbocycles. The van der Waals surface area contributed by atoms with Crippen LogP contribution in [0.3, 0.4) is 0 Å². The number of methoxy groups -OCH3 is 1. The third-order valence-corrected chi connectivity index (χ3v) is 6.47. The Morgan fingerprint density at radius 1 is 1.39 bits per heavy atom. The number of carbonyl (C=O) groups excluding carboxylic acids is 1. The number of amidine groups is 1. The first-order valence-corrected chi connectivity index (χ1v) is 10.5. The molecule has 1 amide bonds. The fraction of sp³-hybridized carbons (Fsp3) is 0.455. The number of hydrazone groups is 1. The van der Waals surface area contributed by atoms with Crippen molar-refractivity contribution in [2.45, 2.75) is 44.6 Å². The zero-order chi connectivity index (χ0) is 22.2. The standard InChI is InChI=1S/C22H29N7O2/c1-13(15-5-8-25-18(11-15)31-3)21(30)29-9-7-22(12-29)6-4-16-10-17(19(23)28-24)14(2)26-20(16)27-22/h5,8,10-11,13H,4,6-7,9,12,24H2,1-3H3,(H2,23,28)(H,26,27)/t13-,22+/m1/s1. The minimum atomic E-state index is -0.260. The van der Waals surface area contributed by atoms with Gasteiger partial charge in [-0.25, -0.2) is 9.97 Å². The van der Waals surface area contributed by atoms with Crippen LogP contribution in [-0.4, -0.2) is 52.3 Å². The van der Waals surface area contributed by atoms with Crippen molar-refractivity contribution < 1.29 is 9.53 Å². The van der Waals surface area contributed by atoms with Crippen LogP contribution in [0.5, 0.6) is 5.88 Å². The first-order chi connectivity index (χ1) is 14.9. The summed E-state index contributed by atoms with van der Waals surface area (Å²) in [5, 5.41) is 7.23. The molecule has 2 aliphatic heterocycles. The average molecular weight is 424 g/mol. The van der Waals surface area contributed by atoms with Crippen molar-refractivity contribution in [2.24, 2.45) is 16.7 Å². The molecule has 31 heavy (non-hydrogen) atoms. The number of carbonyl (C=O) groups is 1. The summed E-state index contributed by atoms with van der Waals surface area (Å²) < 4.78 is 5.20. The lowest BCUT2D eigenvalue weighted by Crippen LogP contribution is -2.46. The van der Waals surface area contributed by atoms with Gasteiger partial charge in [-0.2, -0.15) is 5.10 Å². The molecule has 1 saturated heterocycles. The van der Waals surface area contributed by atoms with Crippen molar-refractivity contribution in [1.29, 1.82) is 0 Å². The van der Waals surface area contributed by atoms with Crippen molar-refractivity contribution in [3.63, 3.8) is 0 Å². The minimum absolute atomic E-state index is 0.115. The molecule has 1 fully saturated rings. The van der Waals surface area contributed by atoms with Gasteiger partial charge in [0, 0.05) is 30.9 Å². The van der Waals surface area contributed by atoms with Crippen molar-refractivity contribution in [3.05, 3.63) is 46.8 Å². The Morgan fingerprint density at radius 3 is 2.94 bits per heavy atom. The van der Waals surface area contributed by atoms with Gasteiger partial charge in [-0.3, -0.25) is 4.79 Å². The monoisotopic (exact) mass is 423 g/mol. The van der Waals surface area contributed by atoms with Crippen molar-refractivity contribution in [2.75, 3.05) is 25.5 Å². The first kappa shape index (κ1) is 20.9. The van der Waals surface area contributed by atoms with E-state index in [0.717, 1.165) is 54.0 Å². The summed E-state index contributed by atoms with van der Waals surface area (Å²) in [6.07, 6.45) is 4.34. The molecule has 2 aromatic heterocycles. The zero-order valence-electron chi connectivity index (χ0n) is 18.2. The highest BCUT2D eigenvalue weighted by molar-refractivity contribution is 5.98. The molecule has 0 radical (unpaired) electrons. The second-order valence-electron chi connectivity index (χ2n) is 8.41. The first-order valence-electron chi connectivity index (χ1n) is 10.5. The van der Waals surface area contributed by atoms with E-state index < -0.39 is 0 Å².